The van der Waals surface area contributed by atoms with Gasteiger partial charge in [-0.05, 0) is 61.7 Å². The van der Waals surface area contributed by atoms with Crippen LogP contribution in [0.25, 0.3) is 0 Å². The number of likely N-dealkylation sites (N-methyl/N-ethyl adjacent to an activating group) is 1. The van der Waals surface area contributed by atoms with Gasteiger partial charge in [0.05, 0.1) is 13.2 Å². The molecule has 2 unspecified atom stereocenters. The van der Waals surface area contributed by atoms with Crippen LogP contribution in [0.3, 0.4) is 0 Å². The number of amides is 2. The SMILES string of the molecule is CC.CNC(=O)C(CCC=O)N1Cc2cc(OCCCCNCC3NN=C(c4ccccc4)O3)ccc2C1=O. The number of hydrazone groups is 1. The van der Waals surface area contributed by atoms with E-state index in [0.29, 0.717) is 43.3 Å². The molecule has 0 aromatic heterocycles. The highest BCUT2D eigenvalue weighted by molar-refractivity contribution is 6.01. The zero-order chi connectivity index (χ0) is 28.0. The molecule has 2 aliphatic rings. The molecule has 2 heterocycles. The summed E-state index contributed by atoms with van der Waals surface area (Å²) in [7, 11) is 1.53. The average Bonchev–Trinajstić information content (AvgIpc) is 3.58. The lowest BCUT2D eigenvalue weighted by molar-refractivity contribution is -0.125. The second kappa shape index (κ2) is 15.5. The number of carbonyl (C=O) groups is 3. The summed E-state index contributed by atoms with van der Waals surface area (Å²) >= 11 is 0. The summed E-state index contributed by atoms with van der Waals surface area (Å²) in [6, 6.07) is 14.5. The van der Waals surface area contributed by atoms with Crippen LogP contribution >= 0.6 is 0 Å². The minimum absolute atomic E-state index is 0.193. The number of fused-ring (bicyclic) bond motifs is 1. The van der Waals surface area contributed by atoms with Gasteiger partial charge in [0.25, 0.3) is 5.91 Å². The summed E-state index contributed by atoms with van der Waals surface area (Å²) in [4.78, 5) is 37.5. The van der Waals surface area contributed by atoms with Crippen molar-refractivity contribution < 1.29 is 23.9 Å². The van der Waals surface area contributed by atoms with Crippen molar-refractivity contribution in [3.8, 4) is 5.75 Å². The van der Waals surface area contributed by atoms with Gasteiger partial charge in [-0.3, -0.25) is 15.0 Å². The summed E-state index contributed by atoms with van der Waals surface area (Å²) in [5.41, 5.74) is 5.33. The molecule has 0 radical (unpaired) electrons. The van der Waals surface area contributed by atoms with Gasteiger partial charge in [-0.15, -0.1) is 5.10 Å². The molecule has 0 fully saturated rings. The number of hydrogen-bond acceptors (Lipinski definition) is 8. The Morgan fingerprint density at radius 2 is 2.03 bits per heavy atom. The maximum absolute atomic E-state index is 12.9. The number of aldehydes is 1. The Balaban J connectivity index is 0.00000205. The third kappa shape index (κ3) is 8.03. The summed E-state index contributed by atoms with van der Waals surface area (Å²) in [5, 5.41) is 10.2. The van der Waals surface area contributed by atoms with Crippen LogP contribution in [-0.2, 0) is 20.9 Å². The number of benzene rings is 2. The molecule has 2 aromatic carbocycles. The Bertz CT molecular complexity index is 1120. The molecule has 2 atom stereocenters. The van der Waals surface area contributed by atoms with Gasteiger partial charge in [0.1, 0.15) is 18.1 Å². The number of carbonyl (C=O) groups excluding carboxylic acids is 3. The summed E-state index contributed by atoms with van der Waals surface area (Å²) < 4.78 is 11.7. The van der Waals surface area contributed by atoms with E-state index in [9.17, 15) is 14.4 Å². The highest BCUT2D eigenvalue weighted by atomic mass is 16.5. The lowest BCUT2D eigenvalue weighted by Gasteiger charge is -2.25. The van der Waals surface area contributed by atoms with Gasteiger partial charge in [-0.2, -0.15) is 0 Å². The zero-order valence-corrected chi connectivity index (χ0v) is 22.9. The number of unbranched alkanes of at least 4 members (excludes halogenated alkanes) is 1. The summed E-state index contributed by atoms with van der Waals surface area (Å²) in [5.74, 6) is 0.826. The second-order valence-electron chi connectivity index (χ2n) is 8.90. The van der Waals surface area contributed by atoms with Gasteiger partial charge in [0.2, 0.25) is 11.8 Å². The van der Waals surface area contributed by atoms with Crippen LogP contribution in [0.2, 0.25) is 0 Å². The van der Waals surface area contributed by atoms with Crippen LogP contribution < -0.4 is 20.8 Å². The molecule has 39 heavy (non-hydrogen) atoms. The molecule has 0 aliphatic carbocycles. The number of rotatable bonds is 14. The van der Waals surface area contributed by atoms with Gasteiger partial charge in [0.15, 0.2) is 6.23 Å². The molecule has 210 valence electrons. The van der Waals surface area contributed by atoms with Gasteiger partial charge in [0, 0.05) is 31.1 Å². The van der Waals surface area contributed by atoms with Gasteiger partial charge < -0.3 is 29.8 Å². The second-order valence-corrected chi connectivity index (χ2v) is 8.90. The molecular weight excluding hydrogens is 498 g/mol. The Kier molecular flexibility index (Phi) is 11.8. The Labute approximate surface area is 230 Å². The maximum atomic E-state index is 12.9. The quantitative estimate of drug-likeness (QED) is 0.250. The molecule has 4 rings (SSSR count). The van der Waals surface area contributed by atoms with E-state index in [1.807, 2.05) is 50.2 Å². The standard InChI is InChI=1S/C27H33N5O5.C2H6/c1-28-25(34)23(10-7-14-33)32-18-20-16-21(11-12-22(20)27(32)35)36-15-6-5-13-29-17-24-30-31-26(37-24)19-8-3-2-4-9-19;1-2/h2-4,8-9,11-12,14,16,23-24,29-30H,5-7,10,13,15,17-18H2,1H3,(H,28,34);1-2H3. The highest BCUT2D eigenvalue weighted by Crippen LogP contribution is 2.29. The third-order valence-electron chi connectivity index (χ3n) is 6.32. The van der Waals surface area contributed by atoms with Gasteiger partial charge in [-0.25, -0.2) is 0 Å². The fourth-order valence-corrected chi connectivity index (χ4v) is 4.38. The molecule has 10 heteroatoms. The van der Waals surface area contributed by atoms with Crippen LogP contribution in [0.1, 0.15) is 61.0 Å². The molecule has 2 amide bonds. The van der Waals surface area contributed by atoms with Crippen LogP contribution in [0.4, 0.5) is 0 Å². The molecule has 2 aromatic rings. The summed E-state index contributed by atoms with van der Waals surface area (Å²) in [6.45, 7) is 6.33. The molecule has 0 spiro atoms. The monoisotopic (exact) mass is 537 g/mol. The molecule has 10 nitrogen and oxygen atoms in total. The van der Waals surface area contributed by atoms with E-state index in [0.717, 1.165) is 36.8 Å². The molecular formula is C29H39N5O5. The minimum atomic E-state index is -0.673. The van der Waals surface area contributed by atoms with Crippen molar-refractivity contribution in [1.29, 1.82) is 0 Å². The van der Waals surface area contributed by atoms with Crippen molar-refractivity contribution in [2.75, 3.05) is 26.7 Å². The van der Waals surface area contributed by atoms with Crippen molar-refractivity contribution in [1.82, 2.24) is 21.0 Å². The average molecular weight is 538 g/mol. The van der Waals surface area contributed by atoms with Crippen LogP contribution in [-0.4, -0.2) is 67.9 Å². The highest BCUT2D eigenvalue weighted by Gasteiger charge is 2.36. The first-order valence-electron chi connectivity index (χ1n) is 13.6. The fraction of sp³-hybridized carbons (Fsp3) is 0.448. The fourth-order valence-electron chi connectivity index (χ4n) is 4.38. The van der Waals surface area contributed by atoms with Gasteiger partial charge >= 0.3 is 0 Å². The van der Waals surface area contributed by atoms with Crippen molar-refractivity contribution in [3.05, 3.63) is 65.2 Å². The lowest BCUT2D eigenvalue weighted by Crippen LogP contribution is -2.46. The van der Waals surface area contributed by atoms with Crippen LogP contribution in [0, 0.1) is 0 Å². The molecule has 3 N–H and O–H groups in total. The first-order chi connectivity index (χ1) is 19.1. The molecule has 2 aliphatic heterocycles. The van der Waals surface area contributed by atoms with Crippen LogP contribution in [0.15, 0.2) is 53.6 Å². The predicted molar refractivity (Wildman–Crippen MR) is 149 cm³/mol. The summed E-state index contributed by atoms with van der Waals surface area (Å²) in [6.07, 6.45) is 2.88. The van der Waals surface area contributed by atoms with E-state index in [4.69, 9.17) is 9.47 Å². The third-order valence-corrected chi connectivity index (χ3v) is 6.32. The first kappa shape index (κ1) is 29.6. The normalized spacial score (nSPS) is 16.2. The van der Waals surface area contributed by atoms with Crippen LogP contribution in [0.5, 0.6) is 5.75 Å². The van der Waals surface area contributed by atoms with E-state index in [1.165, 1.54) is 11.9 Å². The van der Waals surface area contributed by atoms with E-state index in [2.05, 4.69) is 21.2 Å². The zero-order valence-electron chi connectivity index (χ0n) is 22.9. The Morgan fingerprint density at radius 3 is 2.77 bits per heavy atom. The van der Waals surface area contributed by atoms with Crippen molar-refractivity contribution in [2.45, 2.75) is 58.3 Å². The van der Waals surface area contributed by atoms with Gasteiger partial charge in [-0.1, -0.05) is 32.0 Å². The topological polar surface area (TPSA) is 121 Å². The molecule has 0 bridgehead atoms. The van der Waals surface area contributed by atoms with E-state index in [-0.39, 0.29) is 24.5 Å². The van der Waals surface area contributed by atoms with Crippen molar-refractivity contribution in [2.24, 2.45) is 5.10 Å². The minimum Gasteiger partial charge on any atom is -0.494 e. The van der Waals surface area contributed by atoms with Crippen molar-refractivity contribution >= 4 is 24.0 Å². The number of nitrogens with one attached hydrogen (secondary N) is 3. The largest absolute Gasteiger partial charge is 0.494 e. The van der Waals surface area contributed by atoms with E-state index in [1.54, 1.807) is 12.1 Å². The number of ether oxygens (including phenoxy) is 2. The van der Waals surface area contributed by atoms with Crippen molar-refractivity contribution in [3.63, 3.8) is 0 Å². The number of hydrogen-bond donors (Lipinski definition) is 3. The first-order valence-corrected chi connectivity index (χ1v) is 13.6. The predicted octanol–water partition coefficient (Wildman–Crippen LogP) is 2.82. The maximum Gasteiger partial charge on any atom is 0.255 e. The molecule has 0 saturated heterocycles. The smallest absolute Gasteiger partial charge is 0.255 e. The Morgan fingerprint density at radius 1 is 1.23 bits per heavy atom. The number of nitrogens with zero attached hydrogens (tertiary/aromatic N) is 2. The van der Waals surface area contributed by atoms with E-state index < -0.39 is 6.04 Å². The lowest BCUT2D eigenvalue weighted by atomic mass is 10.1. The Hall–Kier alpha value is -3.92. The van der Waals surface area contributed by atoms with E-state index >= 15 is 0 Å². The molecule has 0 saturated carbocycles.